The van der Waals surface area contributed by atoms with Crippen molar-refractivity contribution in [2.45, 2.75) is 11.6 Å². The maximum Gasteiger partial charge on any atom is 0.255 e. The van der Waals surface area contributed by atoms with Crippen molar-refractivity contribution in [3.05, 3.63) is 83.7 Å². The van der Waals surface area contributed by atoms with Crippen molar-refractivity contribution >= 4 is 29.1 Å². The van der Waals surface area contributed by atoms with E-state index in [1.807, 2.05) is 24.5 Å². The van der Waals surface area contributed by atoms with Crippen LogP contribution in [0.5, 0.6) is 0 Å². The zero-order valence-electron chi connectivity index (χ0n) is 14.2. The molecule has 5 nitrogen and oxygen atoms in total. The second-order valence-electron chi connectivity index (χ2n) is 5.53. The summed E-state index contributed by atoms with van der Waals surface area (Å²) in [5, 5.41) is 3.46. The number of anilines is 1. The van der Waals surface area contributed by atoms with E-state index in [0.29, 0.717) is 27.7 Å². The number of ketones is 1. The Balaban J connectivity index is 1.65. The van der Waals surface area contributed by atoms with Crippen molar-refractivity contribution < 1.29 is 9.59 Å². The third kappa shape index (κ3) is 4.55. The fourth-order valence-electron chi connectivity index (χ4n) is 2.37. The minimum Gasteiger partial charge on any atom is -0.322 e. The molecule has 1 amide bonds. The van der Waals surface area contributed by atoms with Crippen LogP contribution in [0.3, 0.4) is 0 Å². The van der Waals surface area contributed by atoms with Crippen molar-refractivity contribution in [3.8, 4) is 0 Å². The third-order valence-corrected chi connectivity index (χ3v) is 4.28. The van der Waals surface area contributed by atoms with Gasteiger partial charge in [-0.3, -0.25) is 9.59 Å². The molecule has 0 aliphatic heterocycles. The topological polar surface area (TPSA) is 72.0 Å². The summed E-state index contributed by atoms with van der Waals surface area (Å²) in [5.74, 6) is -0.216. The predicted molar refractivity (Wildman–Crippen MR) is 103 cm³/mol. The van der Waals surface area contributed by atoms with E-state index >= 15 is 0 Å². The van der Waals surface area contributed by atoms with Crippen LogP contribution in [0.1, 0.15) is 26.4 Å². The minimum atomic E-state index is -0.185. The lowest BCUT2D eigenvalue weighted by Crippen LogP contribution is -2.12. The number of carbonyl (C=O) groups is 2. The number of thioether (sulfide) groups is 1. The number of benzene rings is 2. The largest absolute Gasteiger partial charge is 0.322 e. The molecule has 0 spiro atoms. The maximum absolute atomic E-state index is 12.4. The van der Waals surface area contributed by atoms with Crippen molar-refractivity contribution in [2.24, 2.45) is 0 Å². The Hall–Kier alpha value is -2.99. The van der Waals surface area contributed by atoms with Gasteiger partial charge in [0.2, 0.25) is 0 Å². The lowest BCUT2D eigenvalue weighted by atomic mass is 10.1. The van der Waals surface area contributed by atoms with Crippen LogP contribution in [0.25, 0.3) is 0 Å². The van der Waals surface area contributed by atoms with Crippen LogP contribution in [-0.4, -0.2) is 27.9 Å². The first-order chi connectivity index (χ1) is 12.7. The Bertz CT molecular complexity index is 912. The Morgan fingerprint density at radius 2 is 1.69 bits per heavy atom. The molecule has 0 atom stereocenters. The number of hydrogen-bond acceptors (Lipinski definition) is 5. The number of nitrogens with zero attached hydrogens (tertiary/aromatic N) is 2. The molecular formula is C20H17N3O2S. The van der Waals surface area contributed by atoms with E-state index < -0.39 is 0 Å². The van der Waals surface area contributed by atoms with Gasteiger partial charge >= 0.3 is 0 Å². The van der Waals surface area contributed by atoms with Crippen LogP contribution >= 0.6 is 11.8 Å². The fraction of sp³-hybridized carbons (Fsp3) is 0.100. The molecule has 3 rings (SSSR count). The molecule has 130 valence electrons. The summed E-state index contributed by atoms with van der Waals surface area (Å²) in [6, 6.07) is 17.6. The number of carbonyl (C=O) groups excluding carboxylic acids is 2. The summed E-state index contributed by atoms with van der Waals surface area (Å²) in [6.07, 6.45) is 3.76. The predicted octanol–water partition coefficient (Wildman–Crippen LogP) is 3.88. The molecule has 0 saturated heterocycles. The average molecular weight is 363 g/mol. The SMILES string of the molecule is CSc1nccc(CC(=O)c2ccc(NC(=O)c3ccccc3)cc2)n1. The molecule has 6 heteroatoms. The van der Waals surface area contributed by atoms with E-state index in [2.05, 4.69) is 15.3 Å². The summed E-state index contributed by atoms with van der Waals surface area (Å²) >= 11 is 1.44. The monoisotopic (exact) mass is 363 g/mol. The van der Waals surface area contributed by atoms with Crippen LogP contribution in [-0.2, 0) is 6.42 Å². The van der Waals surface area contributed by atoms with Crippen molar-refractivity contribution in [3.63, 3.8) is 0 Å². The Labute approximate surface area is 155 Å². The summed E-state index contributed by atoms with van der Waals surface area (Å²) in [7, 11) is 0. The molecule has 26 heavy (non-hydrogen) atoms. The molecular weight excluding hydrogens is 346 g/mol. The third-order valence-electron chi connectivity index (χ3n) is 3.72. The summed E-state index contributed by atoms with van der Waals surface area (Å²) in [4.78, 5) is 33.0. The van der Waals surface area contributed by atoms with Crippen LogP contribution < -0.4 is 5.32 Å². The van der Waals surface area contributed by atoms with E-state index in [1.54, 1.807) is 48.7 Å². The molecule has 1 N–H and O–H groups in total. The number of hydrogen-bond donors (Lipinski definition) is 1. The van der Waals surface area contributed by atoms with E-state index in [4.69, 9.17) is 0 Å². The molecule has 0 radical (unpaired) electrons. The van der Waals surface area contributed by atoms with Gasteiger partial charge in [-0.25, -0.2) is 9.97 Å². The molecule has 2 aromatic carbocycles. The number of rotatable bonds is 6. The summed E-state index contributed by atoms with van der Waals surface area (Å²) < 4.78 is 0. The average Bonchev–Trinajstić information content (AvgIpc) is 2.69. The number of aromatic nitrogens is 2. The number of amides is 1. The first-order valence-corrected chi connectivity index (χ1v) is 9.24. The second-order valence-corrected chi connectivity index (χ2v) is 6.31. The van der Waals surface area contributed by atoms with Crippen molar-refractivity contribution in [1.82, 2.24) is 9.97 Å². The molecule has 1 heterocycles. The van der Waals surface area contributed by atoms with Gasteiger partial charge in [-0.05, 0) is 48.7 Å². The van der Waals surface area contributed by atoms with Gasteiger partial charge in [-0.15, -0.1) is 0 Å². The lowest BCUT2D eigenvalue weighted by molar-refractivity contribution is 0.0990. The van der Waals surface area contributed by atoms with Gasteiger partial charge in [-0.1, -0.05) is 30.0 Å². The number of nitrogens with one attached hydrogen (secondary N) is 1. The maximum atomic E-state index is 12.4. The standard InChI is InChI=1S/C20H17N3O2S/c1-26-20-21-12-11-17(23-20)13-18(24)14-7-9-16(10-8-14)22-19(25)15-5-3-2-4-6-15/h2-12H,13H2,1H3,(H,22,25). The van der Waals surface area contributed by atoms with Crippen LogP contribution in [0, 0.1) is 0 Å². The normalized spacial score (nSPS) is 10.3. The summed E-state index contributed by atoms with van der Waals surface area (Å²) in [6.45, 7) is 0. The van der Waals surface area contributed by atoms with Gasteiger partial charge in [0.1, 0.15) is 0 Å². The second kappa shape index (κ2) is 8.40. The molecule has 0 saturated carbocycles. The highest BCUT2D eigenvalue weighted by Gasteiger charge is 2.10. The van der Waals surface area contributed by atoms with Crippen molar-refractivity contribution in [1.29, 1.82) is 0 Å². The molecule has 0 bridgehead atoms. The highest BCUT2D eigenvalue weighted by molar-refractivity contribution is 7.98. The fourth-order valence-corrected chi connectivity index (χ4v) is 2.75. The van der Waals surface area contributed by atoms with Crippen molar-refractivity contribution in [2.75, 3.05) is 11.6 Å². The number of Topliss-reactive ketones (excluding diaryl/α,β-unsaturated/α-hetero) is 1. The van der Waals surface area contributed by atoms with E-state index in [9.17, 15) is 9.59 Å². The van der Waals surface area contributed by atoms with Gasteiger partial charge in [0.25, 0.3) is 5.91 Å². The van der Waals surface area contributed by atoms with E-state index in [0.717, 1.165) is 0 Å². The van der Waals surface area contributed by atoms with Crippen LogP contribution in [0.2, 0.25) is 0 Å². The quantitative estimate of drug-likeness (QED) is 0.409. The molecule has 0 aliphatic rings. The first kappa shape index (κ1) is 17.8. The molecule has 0 fully saturated rings. The molecule has 1 aromatic heterocycles. The minimum absolute atomic E-state index is 0.0308. The first-order valence-electron chi connectivity index (χ1n) is 8.01. The zero-order chi connectivity index (χ0) is 18.4. The van der Waals surface area contributed by atoms with Gasteiger partial charge in [0.15, 0.2) is 10.9 Å². The van der Waals surface area contributed by atoms with Gasteiger partial charge < -0.3 is 5.32 Å². The summed E-state index contributed by atoms with van der Waals surface area (Å²) in [5.41, 5.74) is 2.49. The zero-order valence-corrected chi connectivity index (χ0v) is 15.0. The van der Waals surface area contributed by atoms with E-state index in [1.165, 1.54) is 11.8 Å². The van der Waals surface area contributed by atoms with Crippen LogP contribution in [0.4, 0.5) is 5.69 Å². The molecule has 0 unspecified atom stereocenters. The van der Waals surface area contributed by atoms with Gasteiger partial charge in [0.05, 0.1) is 12.1 Å². The molecule has 0 aliphatic carbocycles. The Kier molecular flexibility index (Phi) is 5.76. The van der Waals surface area contributed by atoms with Crippen LogP contribution in [0.15, 0.2) is 72.0 Å². The van der Waals surface area contributed by atoms with Gasteiger partial charge in [0, 0.05) is 23.0 Å². The highest BCUT2D eigenvalue weighted by atomic mass is 32.2. The van der Waals surface area contributed by atoms with E-state index in [-0.39, 0.29) is 18.1 Å². The van der Waals surface area contributed by atoms with Gasteiger partial charge in [-0.2, -0.15) is 0 Å². The Morgan fingerprint density at radius 3 is 2.38 bits per heavy atom. The smallest absolute Gasteiger partial charge is 0.255 e. The Morgan fingerprint density at radius 1 is 0.962 bits per heavy atom. The molecule has 3 aromatic rings. The lowest BCUT2D eigenvalue weighted by Gasteiger charge is -2.07. The highest BCUT2D eigenvalue weighted by Crippen LogP contribution is 2.14.